The summed E-state index contributed by atoms with van der Waals surface area (Å²) in [6.45, 7) is 0.789. The van der Waals surface area contributed by atoms with Crippen LogP contribution in [0.5, 0.6) is 0 Å². The molecule has 3 nitrogen and oxygen atoms in total. The summed E-state index contributed by atoms with van der Waals surface area (Å²) in [6.07, 6.45) is 2.89. The maximum absolute atomic E-state index is 9.84. The van der Waals surface area contributed by atoms with Gasteiger partial charge in [-0.2, -0.15) is 5.26 Å². The van der Waals surface area contributed by atoms with Crippen molar-refractivity contribution in [2.75, 3.05) is 7.05 Å². The first-order valence-electron chi connectivity index (χ1n) is 6.08. The van der Waals surface area contributed by atoms with Crippen molar-refractivity contribution in [2.24, 2.45) is 0 Å². The van der Waals surface area contributed by atoms with Gasteiger partial charge in [-0.25, -0.2) is 0 Å². The topological polar surface area (TPSA) is 47.3 Å². The highest BCUT2D eigenvalue weighted by Gasteiger charge is 2.28. The quantitative estimate of drug-likeness (QED) is 0.862. The monoisotopic (exact) mass is 230 g/mol. The molecule has 2 atom stereocenters. The van der Waals surface area contributed by atoms with E-state index in [0.717, 1.165) is 31.4 Å². The summed E-state index contributed by atoms with van der Waals surface area (Å²) < 4.78 is 0. The second-order valence-corrected chi connectivity index (χ2v) is 4.79. The molecule has 1 N–H and O–H groups in total. The number of aliphatic hydroxyl groups excluding tert-OH is 1. The van der Waals surface area contributed by atoms with Crippen molar-refractivity contribution in [3.05, 3.63) is 35.4 Å². The van der Waals surface area contributed by atoms with E-state index in [4.69, 9.17) is 5.26 Å². The van der Waals surface area contributed by atoms with Crippen LogP contribution in [0.3, 0.4) is 0 Å². The van der Waals surface area contributed by atoms with Gasteiger partial charge in [-0.1, -0.05) is 12.1 Å². The van der Waals surface area contributed by atoms with Gasteiger partial charge < -0.3 is 5.11 Å². The van der Waals surface area contributed by atoms with Crippen LogP contribution in [0.1, 0.15) is 30.4 Å². The van der Waals surface area contributed by atoms with Crippen molar-refractivity contribution < 1.29 is 5.11 Å². The summed E-state index contributed by atoms with van der Waals surface area (Å²) in [5.74, 6) is 0. The zero-order chi connectivity index (χ0) is 12.3. The van der Waals surface area contributed by atoms with E-state index >= 15 is 0 Å². The third-order valence-corrected chi connectivity index (χ3v) is 3.50. The van der Waals surface area contributed by atoms with Crippen LogP contribution in [0, 0.1) is 11.3 Å². The van der Waals surface area contributed by atoms with Gasteiger partial charge in [0.05, 0.1) is 17.7 Å². The highest BCUT2D eigenvalue weighted by Crippen LogP contribution is 2.24. The Morgan fingerprint density at radius 1 is 1.47 bits per heavy atom. The Kier molecular flexibility index (Phi) is 3.78. The third-order valence-electron chi connectivity index (χ3n) is 3.50. The molecular formula is C14H18N2O. The third kappa shape index (κ3) is 2.85. The number of likely N-dealkylation sites (N-methyl/N-ethyl adjacent to an activating group) is 1. The summed E-state index contributed by atoms with van der Waals surface area (Å²) in [7, 11) is 2.04. The summed E-state index contributed by atoms with van der Waals surface area (Å²) in [6, 6.07) is 10.1. The van der Waals surface area contributed by atoms with E-state index in [1.807, 2.05) is 31.3 Å². The first kappa shape index (κ1) is 12.1. The number of rotatable bonds is 3. The number of aliphatic hydroxyl groups is 1. The molecule has 1 aliphatic rings. The zero-order valence-corrected chi connectivity index (χ0v) is 10.1. The molecule has 0 radical (unpaired) electrons. The molecule has 0 saturated heterocycles. The van der Waals surface area contributed by atoms with E-state index in [9.17, 15) is 5.11 Å². The minimum atomic E-state index is -0.195. The van der Waals surface area contributed by atoms with Crippen molar-refractivity contribution in [2.45, 2.75) is 38.0 Å². The normalized spacial score (nSPS) is 23.9. The largest absolute Gasteiger partial charge is 0.391 e. The first-order valence-corrected chi connectivity index (χ1v) is 6.08. The first-order chi connectivity index (χ1) is 8.20. The molecule has 1 aromatic rings. The summed E-state index contributed by atoms with van der Waals surface area (Å²) in [5, 5.41) is 18.7. The van der Waals surface area contributed by atoms with Crippen molar-refractivity contribution >= 4 is 0 Å². The maximum atomic E-state index is 9.84. The van der Waals surface area contributed by atoms with Gasteiger partial charge in [0.1, 0.15) is 0 Å². The Balaban J connectivity index is 2.02. The van der Waals surface area contributed by atoms with Crippen LogP contribution in [0.2, 0.25) is 0 Å². The van der Waals surface area contributed by atoms with Gasteiger partial charge in [0, 0.05) is 12.6 Å². The predicted molar refractivity (Wildman–Crippen MR) is 66.3 cm³/mol. The van der Waals surface area contributed by atoms with Gasteiger partial charge in [-0.05, 0) is 44.0 Å². The van der Waals surface area contributed by atoms with Crippen molar-refractivity contribution in [3.63, 3.8) is 0 Å². The van der Waals surface area contributed by atoms with Crippen LogP contribution in [0.15, 0.2) is 24.3 Å². The second-order valence-electron chi connectivity index (χ2n) is 4.79. The fraction of sp³-hybridized carbons (Fsp3) is 0.500. The van der Waals surface area contributed by atoms with Crippen LogP contribution in [-0.2, 0) is 6.54 Å². The SMILES string of the molecule is CN(Cc1cccc(C#N)c1)C1CCCC1O. The lowest BCUT2D eigenvalue weighted by Crippen LogP contribution is -2.36. The average Bonchev–Trinajstić information content (AvgIpc) is 2.76. The number of hydrogen-bond acceptors (Lipinski definition) is 3. The minimum Gasteiger partial charge on any atom is -0.391 e. The van der Waals surface area contributed by atoms with Gasteiger partial charge >= 0.3 is 0 Å². The molecule has 3 heteroatoms. The van der Waals surface area contributed by atoms with E-state index in [0.29, 0.717) is 5.56 Å². The molecule has 0 aliphatic heterocycles. The van der Waals surface area contributed by atoms with Gasteiger partial charge in [0.25, 0.3) is 0 Å². The van der Waals surface area contributed by atoms with Gasteiger partial charge in [-0.3, -0.25) is 4.90 Å². The van der Waals surface area contributed by atoms with Crippen LogP contribution >= 0.6 is 0 Å². The fourth-order valence-electron chi connectivity index (χ4n) is 2.58. The van der Waals surface area contributed by atoms with Crippen LogP contribution < -0.4 is 0 Å². The highest BCUT2D eigenvalue weighted by atomic mass is 16.3. The zero-order valence-electron chi connectivity index (χ0n) is 10.1. The molecule has 1 aliphatic carbocycles. The molecule has 1 aromatic carbocycles. The van der Waals surface area contributed by atoms with E-state index in [2.05, 4.69) is 11.0 Å². The van der Waals surface area contributed by atoms with Crippen LogP contribution in [0.25, 0.3) is 0 Å². The molecule has 2 rings (SSSR count). The Labute approximate surface area is 102 Å². The van der Waals surface area contributed by atoms with Crippen LogP contribution in [-0.4, -0.2) is 29.2 Å². The van der Waals surface area contributed by atoms with E-state index in [1.165, 1.54) is 0 Å². The molecule has 0 heterocycles. The standard InChI is InChI=1S/C14H18N2O/c1-16(13-6-3-7-14(13)17)10-12-5-2-4-11(8-12)9-15/h2,4-5,8,13-14,17H,3,6-7,10H2,1H3. The minimum absolute atomic E-state index is 0.195. The molecule has 1 fully saturated rings. The van der Waals surface area contributed by atoms with E-state index in [-0.39, 0.29) is 12.1 Å². The lowest BCUT2D eigenvalue weighted by atomic mass is 10.1. The van der Waals surface area contributed by atoms with Crippen molar-refractivity contribution in [1.29, 1.82) is 5.26 Å². The van der Waals surface area contributed by atoms with Gasteiger partial charge in [-0.15, -0.1) is 0 Å². The summed E-state index contributed by atoms with van der Waals surface area (Å²) >= 11 is 0. The molecule has 0 amide bonds. The number of nitrogens with zero attached hydrogens (tertiary/aromatic N) is 2. The lowest BCUT2D eigenvalue weighted by Gasteiger charge is -2.27. The number of hydrogen-bond donors (Lipinski definition) is 1. The molecule has 0 aromatic heterocycles. The molecule has 0 spiro atoms. The average molecular weight is 230 g/mol. The fourth-order valence-corrected chi connectivity index (χ4v) is 2.58. The molecule has 17 heavy (non-hydrogen) atoms. The number of nitriles is 1. The van der Waals surface area contributed by atoms with E-state index < -0.39 is 0 Å². The molecule has 1 saturated carbocycles. The number of benzene rings is 1. The maximum Gasteiger partial charge on any atom is 0.0991 e. The Hall–Kier alpha value is -1.37. The molecule has 2 unspecified atom stereocenters. The molecule has 0 bridgehead atoms. The second kappa shape index (κ2) is 5.31. The molecular weight excluding hydrogens is 212 g/mol. The van der Waals surface area contributed by atoms with E-state index in [1.54, 1.807) is 0 Å². The van der Waals surface area contributed by atoms with Crippen LogP contribution in [0.4, 0.5) is 0 Å². The highest BCUT2D eigenvalue weighted by molar-refractivity contribution is 5.32. The summed E-state index contributed by atoms with van der Waals surface area (Å²) in [4.78, 5) is 2.19. The van der Waals surface area contributed by atoms with Gasteiger partial charge in [0.2, 0.25) is 0 Å². The van der Waals surface area contributed by atoms with Crippen molar-refractivity contribution in [3.8, 4) is 6.07 Å². The predicted octanol–water partition coefficient (Wildman–Crippen LogP) is 1.90. The smallest absolute Gasteiger partial charge is 0.0991 e. The lowest BCUT2D eigenvalue weighted by molar-refractivity contribution is 0.0825. The Morgan fingerprint density at radius 3 is 2.94 bits per heavy atom. The molecule has 90 valence electrons. The van der Waals surface area contributed by atoms with Gasteiger partial charge in [0.15, 0.2) is 0 Å². The van der Waals surface area contributed by atoms with Crippen molar-refractivity contribution in [1.82, 2.24) is 4.90 Å². The Bertz CT molecular complexity index is 424. The Morgan fingerprint density at radius 2 is 2.29 bits per heavy atom. The summed E-state index contributed by atoms with van der Waals surface area (Å²) in [5.41, 5.74) is 1.83.